The minimum atomic E-state index is -0.0601. The number of ether oxygens (including phenoxy) is 1. The van der Waals surface area contributed by atoms with E-state index in [0.29, 0.717) is 5.84 Å². The van der Waals surface area contributed by atoms with Crippen LogP contribution >= 0.6 is 0 Å². The summed E-state index contributed by atoms with van der Waals surface area (Å²) in [7, 11) is 0. The molecule has 0 aliphatic carbocycles. The van der Waals surface area contributed by atoms with Crippen LogP contribution in [-0.4, -0.2) is 37.4 Å². The van der Waals surface area contributed by atoms with E-state index in [0.717, 1.165) is 39.0 Å². The Morgan fingerprint density at radius 2 is 1.08 bits per heavy atom. The number of carbonyl (C=O) groups excluding carboxylic acids is 1. The smallest absolute Gasteiger partial charge is 0.202 e. The zero-order chi connectivity index (χ0) is 28.2. The Morgan fingerprint density at radius 1 is 0.667 bits per heavy atom. The topological polar surface area (TPSA) is 50.7 Å². The summed E-state index contributed by atoms with van der Waals surface area (Å²) in [5.74, 6) is 0.714. The SMILES string of the molecule is CCCCCCCCCCCCCCCCOC(C)C(CCCCCCCCCCCC)C(=O)C1=NCCN1. The molecule has 0 aromatic heterocycles. The average Bonchev–Trinajstić information content (AvgIpc) is 3.49. The molecule has 0 saturated heterocycles. The molecule has 39 heavy (non-hydrogen) atoms. The van der Waals surface area contributed by atoms with Gasteiger partial charge in [-0.25, -0.2) is 0 Å². The Bertz CT molecular complexity index is 577. The van der Waals surface area contributed by atoms with Crippen molar-refractivity contribution in [2.24, 2.45) is 10.9 Å². The molecule has 0 fully saturated rings. The van der Waals surface area contributed by atoms with Crippen LogP contribution in [0.1, 0.15) is 181 Å². The van der Waals surface area contributed by atoms with Gasteiger partial charge in [-0.1, -0.05) is 162 Å². The lowest BCUT2D eigenvalue weighted by Crippen LogP contribution is -2.38. The fourth-order valence-corrected chi connectivity index (χ4v) is 5.85. The highest BCUT2D eigenvalue weighted by atomic mass is 16.5. The summed E-state index contributed by atoms with van der Waals surface area (Å²) in [6.45, 7) is 8.97. The summed E-state index contributed by atoms with van der Waals surface area (Å²) in [4.78, 5) is 17.6. The number of Topliss-reactive ketones (excluding diaryl/α,β-unsaturated/α-hetero) is 1. The molecule has 2 unspecified atom stereocenters. The zero-order valence-electron chi connectivity index (χ0n) is 26.7. The quantitative estimate of drug-likeness (QED) is 0.0908. The van der Waals surface area contributed by atoms with Crippen LogP contribution in [0.25, 0.3) is 0 Å². The number of nitrogens with zero attached hydrogens (tertiary/aromatic N) is 1. The molecule has 1 rings (SSSR count). The van der Waals surface area contributed by atoms with Gasteiger partial charge in [-0.05, 0) is 19.8 Å². The van der Waals surface area contributed by atoms with Gasteiger partial charge in [0.05, 0.1) is 18.6 Å². The summed E-state index contributed by atoms with van der Waals surface area (Å²) in [5, 5.41) is 3.20. The van der Waals surface area contributed by atoms with Crippen LogP contribution in [0.5, 0.6) is 0 Å². The Kier molecular flexibility index (Phi) is 25.3. The van der Waals surface area contributed by atoms with Crippen LogP contribution in [0.4, 0.5) is 0 Å². The molecule has 4 heteroatoms. The van der Waals surface area contributed by atoms with Crippen LogP contribution in [0.2, 0.25) is 0 Å². The Morgan fingerprint density at radius 3 is 1.49 bits per heavy atom. The number of rotatable bonds is 30. The first-order chi connectivity index (χ1) is 19.2. The maximum atomic E-state index is 13.2. The van der Waals surface area contributed by atoms with Crippen LogP contribution in [0.3, 0.4) is 0 Å². The lowest BCUT2D eigenvalue weighted by Gasteiger charge is -2.23. The second-order valence-corrected chi connectivity index (χ2v) is 12.3. The van der Waals surface area contributed by atoms with E-state index in [1.54, 1.807) is 0 Å². The van der Waals surface area contributed by atoms with E-state index in [1.807, 2.05) is 0 Å². The predicted molar refractivity (Wildman–Crippen MR) is 171 cm³/mol. The van der Waals surface area contributed by atoms with Crippen molar-refractivity contribution in [3.8, 4) is 0 Å². The number of amidine groups is 1. The molecule has 2 atom stereocenters. The van der Waals surface area contributed by atoms with E-state index in [1.165, 1.54) is 141 Å². The van der Waals surface area contributed by atoms with Gasteiger partial charge >= 0.3 is 0 Å². The van der Waals surface area contributed by atoms with Crippen LogP contribution in [0.15, 0.2) is 4.99 Å². The highest BCUT2D eigenvalue weighted by Gasteiger charge is 2.29. The van der Waals surface area contributed by atoms with Crippen molar-refractivity contribution in [2.75, 3.05) is 19.7 Å². The third-order valence-corrected chi connectivity index (χ3v) is 8.56. The van der Waals surface area contributed by atoms with Gasteiger partial charge in [0.2, 0.25) is 5.78 Å². The second kappa shape index (κ2) is 27.3. The van der Waals surface area contributed by atoms with E-state index in [9.17, 15) is 4.79 Å². The Hall–Kier alpha value is -0.900. The van der Waals surface area contributed by atoms with E-state index in [4.69, 9.17) is 4.74 Å². The number of hydrogen-bond acceptors (Lipinski definition) is 4. The molecule has 1 heterocycles. The maximum Gasteiger partial charge on any atom is 0.202 e. The fraction of sp³-hybridized carbons (Fsp3) is 0.943. The van der Waals surface area contributed by atoms with E-state index >= 15 is 0 Å². The van der Waals surface area contributed by atoms with Gasteiger partial charge in [0.15, 0.2) is 5.84 Å². The van der Waals surface area contributed by atoms with Crippen molar-refractivity contribution in [1.29, 1.82) is 0 Å². The summed E-state index contributed by atoms with van der Waals surface area (Å²) in [6.07, 6.45) is 33.3. The molecule has 1 N–H and O–H groups in total. The first-order valence-electron chi connectivity index (χ1n) is 17.6. The van der Waals surface area contributed by atoms with Gasteiger partial charge < -0.3 is 10.1 Å². The highest BCUT2D eigenvalue weighted by molar-refractivity contribution is 6.40. The number of aliphatic imine (C=N–C) groups is 1. The lowest BCUT2D eigenvalue weighted by molar-refractivity contribution is -0.121. The third kappa shape index (κ3) is 20.6. The lowest BCUT2D eigenvalue weighted by atomic mass is 9.90. The largest absolute Gasteiger partial charge is 0.378 e. The maximum absolute atomic E-state index is 13.2. The van der Waals surface area contributed by atoms with Crippen molar-refractivity contribution in [3.05, 3.63) is 0 Å². The summed E-state index contributed by atoms with van der Waals surface area (Å²) in [5.41, 5.74) is 0. The normalized spacial score (nSPS) is 14.8. The Labute approximate surface area is 244 Å². The number of ketones is 1. The third-order valence-electron chi connectivity index (χ3n) is 8.56. The molecule has 1 aliphatic rings. The number of hydrogen-bond donors (Lipinski definition) is 1. The molecule has 0 saturated carbocycles. The van der Waals surface area contributed by atoms with Crippen molar-refractivity contribution in [2.45, 2.75) is 187 Å². The average molecular weight is 549 g/mol. The molecule has 0 aromatic rings. The molecule has 0 amide bonds. The fourth-order valence-electron chi connectivity index (χ4n) is 5.85. The minimum absolute atomic E-state index is 0.0249. The summed E-state index contributed by atoms with van der Waals surface area (Å²) in [6, 6.07) is 0. The molecular weight excluding hydrogens is 480 g/mol. The second-order valence-electron chi connectivity index (χ2n) is 12.3. The van der Waals surface area contributed by atoms with Crippen molar-refractivity contribution in [3.63, 3.8) is 0 Å². The van der Waals surface area contributed by atoms with Crippen molar-refractivity contribution >= 4 is 11.6 Å². The Balaban J connectivity index is 2.11. The van der Waals surface area contributed by atoms with Crippen LogP contribution < -0.4 is 5.32 Å². The molecule has 230 valence electrons. The number of carbonyl (C=O) groups is 1. The molecule has 0 spiro atoms. The number of nitrogens with one attached hydrogen (secondary N) is 1. The standard InChI is InChI=1S/C35H68N2O2/c1-4-6-8-10-12-14-16-17-18-19-21-23-25-27-31-39-32(3)33(34(38)35-36-29-30-37-35)28-26-24-22-20-15-13-11-9-7-5-2/h32-33H,4-31H2,1-3H3,(H,36,37). The van der Waals surface area contributed by atoms with Gasteiger partial charge in [-0.15, -0.1) is 0 Å². The molecule has 0 aromatic carbocycles. The van der Waals surface area contributed by atoms with Gasteiger partial charge in [-0.3, -0.25) is 9.79 Å². The molecule has 0 bridgehead atoms. The van der Waals surface area contributed by atoms with E-state index in [2.05, 4.69) is 31.1 Å². The van der Waals surface area contributed by atoms with Gasteiger partial charge in [-0.2, -0.15) is 0 Å². The first kappa shape index (κ1) is 36.1. The summed E-state index contributed by atoms with van der Waals surface area (Å²) >= 11 is 0. The monoisotopic (exact) mass is 549 g/mol. The van der Waals surface area contributed by atoms with Gasteiger partial charge in [0.1, 0.15) is 0 Å². The highest BCUT2D eigenvalue weighted by Crippen LogP contribution is 2.21. The molecule has 4 nitrogen and oxygen atoms in total. The molecular formula is C35H68N2O2. The van der Waals surface area contributed by atoms with Crippen LogP contribution in [-0.2, 0) is 9.53 Å². The van der Waals surface area contributed by atoms with Crippen molar-refractivity contribution in [1.82, 2.24) is 5.32 Å². The van der Waals surface area contributed by atoms with Crippen LogP contribution in [0, 0.1) is 5.92 Å². The molecule has 1 aliphatic heterocycles. The first-order valence-corrected chi connectivity index (χ1v) is 17.6. The predicted octanol–water partition coefficient (Wildman–Crippen LogP) is 10.4. The van der Waals surface area contributed by atoms with Gasteiger partial charge in [0.25, 0.3) is 0 Å². The van der Waals surface area contributed by atoms with Gasteiger partial charge in [0, 0.05) is 13.2 Å². The zero-order valence-corrected chi connectivity index (χ0v) is 26.7. The minimum Gasteiger partial charge on any atom is -0.378 e. The molecule has 0 radical (unpaired) electrons. The van der Waals surface area contributed by atoms with E-state index < -0.39 is 0 Å². The van der Waals surface area contributed by atoms with Crippen molar-refractivity contribution < 1.29 is 9.53 Å². The van der Waals surface area contributed by atoms with E-state index in [-0.39, 0.29) is 17.8 Å². The number of unbranched alkanes of at least 4 members (excludes halogenated alkanes) is 22. The summed E-state index contributed by atoms with van der Waals surface area (Å²) < 4.78 is 6.23.